The third kappa shape index (κ3) is 5.70. The quantitative estimate of drug-likeness (QED) is 0.538. The van der Waals surface area contributed by atoms with Crippen molar-refractivity contribution in [1.82, 2.24) is 4.90 Å². The van der Waals surface area contributed by atoms with Crippen molar-refractivity contribution in [3.63, 3.8) is 0 Å². The Hall–Kier alpha value is -1.42. The van der Waals surface area contributed by atoms with Crippen LogP contribution in [0.3, 0.4) is 0 Å². The number of rotatable bonds is 9. The molecule has 0 saturated heterocycles. The Morgan fingerprint density at radius 1 is 1.30 bits per heavy atom. The van der Waals surface area contributed by atoms with Crippen molar-refractivity contribution in [1.29, 1.82) is 0 Å². The molecule has 0 heterocycles. The predicted molar refractivity (Wildman–Crippen MR) is 87.5 cm³/mol. The van der Waals surface area contributed by atoms with Crippen LogP contribution in [-0.4, -0.2) is 37.7 Å². The fourth-order valence-electron chi connectivity index (χ4n) is 1.90. The van der Waals surface area contributed by atoms with Crippen molar-refractivity contribution in [2.24, 2.45) is 0 Å². The highest BCUT2D eigenvalue weighted by Gasteiger charge is 2.03. The summed E-state index contributed by atoms with van der Waals surface area (Å²) in [5, 5.41) is 3.42. The zero-order valence-electron chi connectivity index (χ0n) is 13.3. The molecule has 1 rings (SSSR count). The number of benzene rings is 1. The first-order chi connectivity index (χ1) is 9.54. The van der Waals surface area contributed by atoms with Gasteiger partial charge in [-0.25, -0.2) is 0 Å². The van der Waals surface area contributed by atoms with Crippen molar-refractivity contribution in [3.8, 4) is 5.75 Å². The molecule has 0 saturated carbocycles. The maximum absolute atomic E-state index is 5.86. The lowest BCUT2D eigenvalue weighted by Crippen LogP contribution is -2.27. The van der Waals surface area contributed by atoms with Gasteiger partial charge in [-0.1, -0.05) is 0 Å². The van der Waals surface area contributed by atoms with Gasteiger partial charge in [-0.15, -0.1) is 0 Å². The maximum atomic E-state index is 5.86. The lowest BCUT2D eigenvalue weighted by atomic mass is 10.2. The van der Waals surface area contributed by atoms with E-state index in [9.17, 15) is 0 Å². The molecule has 0 aliphatic heterocycles. The molecule has 4 heteroatoms. The molecule has 1 aromatic carbocycles. The molecular weight excluding hydrogens is 250 g/mol. The second kappa shape index (κ2) is 8.69. The number of anilines is 2. The summed E-state index contributed by atoms with van der Waals surface area (Å²) in [6, 6.07) is 6.48. The molecule has 20 heavy (non-hydrogen) atoms. The fourth-order valence-corrected chi connectivity index (χ4v) is 1.90. The Morgan fingerprint density at radius 3 is 2.70 bits per heavy atom. The Balaban J connectivity index is 2.30. The molecular formula is C16H29N3O. The fraction of sp³-hybridized carbons (Fsp3) is 0.625. The van der Waals surface area contributed by atoms with Crippen LogP contribution in [0, 0.1) is 0 Å². The molecule has 0 aromatic heterocycles. The van der Waals surface area contributed by atoms with Crippen molar-refractivity contribution >= 4 is 11.4 Å². The molecule has 0 atom stereocenters. The molecule has 0 aliphatic carbocycles. The van der Waals surface area contributed by atoms with E-state index in [1.165, 1.54) is 6.42 Å². The number of hydrogen-bond donors (Lipinski definition) is 2. The van der Waals surface area contributed by atoms with E-state index < -0.39 is 0 Å². The SMILES string of the molecule is CCOc1cc(NCCCCN(C)C(C)C)ccc1N. The van der Waals surface area contributed by atoms with Crippen LogP contribution in [0.15, 0.2) is 18.2 Å². The Kier molecular flexibility index (Phi) is 7.23. The number of ether oxygens (including phenoxy) is 1. The predicted octanol–water partition coefficient (Wildman–Crippen LogP) is 3.20. The zero-order chi connectivity index (χ0) is 15.0. The summed E-state index contributed by atoms with van der Waals surface area (Å²) in [6.45, 7) is 9.16. The first-order valence-electron chi connectivity index (χ1n) is 7.51. The van der Waals surface area contributed by atoms with Gasteiger partial charge in [-0.05, 0) is 59.3 Å². The summed E-state index contributed by atoms with van der Waals surface area (Å²) in [4.78, 5) is 2.37. The van der Waals surface area contributed by atoms with Crippen LogP contribution in [0.1, 0.15) is 33.6 Å². The lowest BCUT2D eigenvalue weighted by molar-refractivity contribution is 0.269. The summed E-state index contributed by atoms with van der Waals surface area (Å²) in [7, 11) is 2.17. The molecule has 0 spiro atoms. The van der Waals surface area contributed by atoms with E-state index in [-0.39, 0.29) is 0 Å². The molecule has 0 bridgehead atoms. The lowest BCUT2D eigenvalue weighted by Gasteiger charge is -2.20. The summed E-state index contributed by atoms with van der Waals surface area (Å²) in [5.41, 5.74) is 7.62. The first kappa shape index (κ1) is 16.6. The van der Waals surface area contributed by atoms with E-state index in [0.29, 0.717) is 18.3 Å². The van der Waals surface area contributed by atoms with Crippen LogP contribution >= 0.6 is 0 Å². The Bertz CT molecular complexity index is 393. The standard InChI is InChI=1S/C16H29N3O/c1-5-20-16-12-14(8-9-15(16)17)18-10-6-7-11-19(4)13(2)3/h8-9,12-13,18H,5-7,10-11,17H2,1-4H3. The van der Waals surface area contributed by atoms with E-state index in [4.69, 9.17) is 10.5 Å². The highest BCUT2D eigenvalue weighted by atomic mass is 16.5. The number of nitrogens with one attached hydrogen (secondary N) is 1. The molecule has 0 radical (unpaired) electrons. The van der Waals surface area contributed by atoms with E-state index in [0.717, 1.165) is 30.9 Å². The smallest absolute Gasteiger partial charge is 0.144 e. The molecule has 0 aliphatic rings. The average Bonchev–Trinajstić information content (AvgIpc) is 2.41. The molecule has 0 amide bonds. The molecule has 0 unspecified atom stereocenters. The van der Waals surface area contributed by atoms with Crippen LogP contribution in [0.4, 0.5) is 11.4 Å². The van der Waals surface area contributed by atoms with Crippen LogP contribution in [-0.2, 0) is 0 Å². The van der Waals surface area contributed by atoms with Crippen LogP contribution in [0.5, 0.6) is 5.75 Å². The second-order valence-corrected chi connectivity index (χ2v) is 5.39. The normalized spacial score (nSPS) is 11.1. The van der Waals surface area contributed by atoms with Gasteiger partial charge in [0, 0.05) is 24.3 Å². The second-order valence-electron chi connectivity index (χ2n) is 5.39. The largest absolute Gasteiger partial charge is 0.492 e. The third-order valence-corrected chi connectivity index (χ3v) is 3.46. The summed E-state index contributed by atoms with van der Waals surface area (Å²) in [5.74, 6) is 0.761. The van der Waals surface area contributed by atoms with Crippen molar-refractivity contribution in [2.75, 3.05) is 37.8 Å². The zero-order valence-corrected chi connectivity index (χ0v) is 13.3. The Labute approximate surface area is 123 Å². The molecule has 114 valence electrons. The van der Waals surface area contributed by atoms with Gasteiger partial charge in [0.1, 0.15) is 5.75 Å². The maximum Gasteiger partial charge on any atom is 0.144 e. The number of nitrogens with zero attached hydrogens (tertiary/aromatic N) is 1. The van der Waals surface area contributed by atoms with Gasteiger partial charge in [0.15, 0.2) is 0 Å². The van der Waals surface area contributed by atoms with Gasteiger partial charge in [0.2, 0.25) is 0 Å². The molecule has 0 fully saturated rings. The van der Waals surface area contributed by atoms with Crippen molar-refractivity contribution < 1.29 is 4.74 Å². The van der Waals surface area contributed by atoms with Gasteiger partial charge in [0.05, 0.1) is 12.3 Å². The first-order valence-corrected chi connectivity index (χ1v) is 7.51. The number of hydrogen-bond acceptors (Lipinski definition) is 4. The van der Waals surface area contributed by atoms with Gasteiger partial charge in [-0.2, -0.15) is 0 Å². The average molecular weight is 279 g/mol. The van der Waals surface area contributed by atoms with Gasteiger partial charge >= 0.3 is 0 Å². The minimum Gasteiger partial charge on any atom is -0.492 e. The monoisotopic (exact) mass is 279 g/mol. The molecule has 1 aromatic rings. The van der Waals surface area contributed by atoms with Gasteiger partial charge in [-0.3, -0.25) is 0 Å². The van der Waals surface area contributed by atoms with Gasteiger partial charge < -0.3 is 20.7 Å². The summed E-state index contributed by atoms with van der Waals surface area (Å²) < 4.78 is 5.49. The van der Waals surface area contributed by atoms with Crippen LogP contribution in [0.25, 0.3) is 0 Å². The van der Waals surface area contributed by atoms with Crippen molar-refractivity contribution in [2.45, 2.75) is 39.7 Å². The Morgan fingerprint density at radius 2 is 2.05 bits per heavy atom. The van der Waals surface area contributed by atoms with Crippen LogP contribution in [0.2, 0.25) is 0 Å². The minimum absolute atomic E-state index is 0.619. The summed E-state index contributed by atoms with van der Waals surface area (Å²) in [6.07, 6.45) is 2.36. The van der Waals surface area contributed by atoms with E-state index >= 15 is 0 Å². The third-order valence-electron chi connectivity index (χ3n) is 3.46. The van der Waals surface area contributed by atoms with E-state index in [1.807, 2.05) is 25.1 Å². The highest BCUT2D eigenvalue weighted by Crippen LogP contribution is 2.25. The number of nitrogen functional groups attached to an aromatic ring is 1. The summed E-state index contributed by atoms with van der Waals surface area (Å²) >= 11 is 0. The molecule has 3 N–H and O–H groups in total. The minimum atomic E-state index is 0.619. The van der Waals surface area contributed by atoms with E-state index in [1.54, 1.807) is 0 Å². The topological polar surface area (TPSA) is 50.5 Å². The van der Waals surface area contributed by atoms with Crippen molar-refractivity contribution in [3.05, 3.63) is 18.2 Å². The van der Waals surface area contributed by atoms with Gasteiger partial charge in [0.25, 0.3) is 0 Å². The number of nitrogens with two attached hydrogens (primary N) is 1. The van der Waals surface area contributed by atoms with Crippen LogP contribution < -0.4 is 15.8 Å². The number of unbranched alkanes of at least 4 members (excludes halogenated alkanes) is 1. The molecule has 4 nitrogen and oxygen atoms in total. The van der Waals surface area contributed by atoms with E-state index in [2.05, 4.69) is 31.1 Å². The highest BCUT2D eigenvalue weighted by molar-refractivity contribution is 5.61.